The molecule has 1 atom stereocenters. The van der Waals surface area contributed by atoms with Crippen LogP contribution in [0.25, 0.3) is 0 Å². The summed E-state index contributed by atoms with van der Waals surface area (Å²) in [5.41, 5.74) is 3.72. The molecule has 0 aromatic rings. The number of allylic oxidation sites excluding steroid dienone is 1. The Morgan fingerprint density at radius 1 is 1.80 bits per heavy atom. The number of nitrogens with zero attached hydrogens (tertiary/aromatic N) is 1. The van der Waals surface area contributed by atoms with Crippen molar-refractivity contribution in [3.8, 4) is 0 Å². The van der Waals surface area contributed by atoms with Gasteiger partial charge in [0.25, 0.3) is 0 Å². The van der Waals surface area contributed by atoms with E-state index in [4.69, 9.17) is 0 Å². The van der Waals surface area contributed by atoms with E-state index in [2.05, 4.69) is 22.1 Å². The van der Waals surface area contributed by atoms with E-state index < -0.39 is 5.23 Å². The fourth-order valence-corrected chi connectivity index (χ4v) is 1.32. The Morgan fingerprint density at radius 2 is 2.53 bits per heavy atom. The first-order valence-corrected chi connectivity index (χ1v) is 4.63. The molecular formula is C9H15N3O3. The Labute approximate surface area is 88.0 Å². The number of hydrogen-bond acceptors (Lipinski definition) is 5. The van der Waals surface area contributed by atoms with Gasteiger partial charge in [-0.05, 0) is 25.1 Å². The number of hydrogen-bond donors (Lipinski definition) is 3. The Hall–Kier alpha value is -1.21. The van der Waals surface area contributed by atoms with Crippen molar-refractivity contribution in [2.75, 3.05) is 13.6 Å². The van der Waals surface area contributed by atoms with E-state index in [0.29, 0.717) is 12.2 Å². The van der Waals surface area contributed by atoms with Crippen molar-refractivity contribution in [2.45, 2.75) is 12.8 Å². The first kappa shape index (κ1) is 11.9. The topological polar surface area (TPSA) is 81.4 Å². The van der Waals surface area contributed by atoms with Crippen molar-refractivity contribution in [1.29, 1.82) is 0 Å². The summed E-state index contributed by atoms with van der Waals surface area (Å²) in [6.07, 6.45) is 3.34. The highest BCUT2D eigenvalue weighted by Crippen LogP contribution is 2.23. The second kappa shape index (κ2) is 5.62. The lowest BCUT2D eigenvalue weighted by Crippen LogP contribution is -3.04. The molecule has 1 unspecified atom stereocenters. The predicted molar refractivity (Wildman–Crippen MR) is 55.9 cm³/mol. The third kappa shape index (κ3) is 3.45. The summed E-state index contributed by atoms with van der Waals surface area (Å²) in [7, 11) is 1.30. The first-order chi connectivity index (χ1) is 7.15. The van der Waals surface area contributed by atoms with Gasteiger partial charge in [-0.25, -0.2) is 5.23 Å². The molecule has 1 aliphatic rings. The van der Waals surface area contributed by atoms with Crippen LogP contribution in [0.1, 0.15) is 12.8 Å². The van der Waals surface area contributed by atoms with Crippen molar-refractivity contribution >= 4 is 6.72 Å². The quantitative estimate of drug-likeness (QED) is 0.430. The van der Waals surface area contributed by atoms with Crippen LogP contribution in [0.4, 0.5) is 0 Å². The van der Waals surface area contributed by atoms with E-state index in [-0.39, 0.29) is 5.76 Å². The van der Waals surface area contributed by atoms with Gasteiger partial charge in [0.05, 0.1) is 19.3 Å². The minimum absolute atomic E-state index is 0.121. The van der Waals surface area contributed by atoms with Crippen LogP contribution in [0.2, 0.25) is 0 Å². The molecule has 6 heteroatoms. The second-order valence-electron chi connectivity index (χ2n) is 3.15. The molecule has 0 saturated heterocycles. The molecule has 0 aromatic heterocycles. The normalized spacial score (nSPS) is 18.7. The SMILES string of the molecule is C=NC1=CCCC(CNO[NH+](C)[O-])=C1O. The largest absolute Gasteiger partial charge is 0.599 e. The predicted octanol–water partition coefficient (Wildman–Crippen LogP) is -0.374. The molecule has 0 radical (unpaired) electrons. The smallest absolute Gasteiger partial charge is 0.141 e. The molecule has 0 heterocycles. The summed E-state index contributed by atoms with van der Waals surface area (Å²) >= 11 is 0. The summed E-state index contributed by atoms with van der Waals surface area (Å²) in [6, 6.07) is 0. The lowest BCUT2D eigenvalue weighted by Gasteiger charge is -2.17. The molecule has 0 fully saturated rings. The monoisotopic (exact) mass is 213 g/mol. The highest BCUT2D eigenvalue weighted by atomic mass is 17.0. The van der Waals surface area contributed by atoms with Gasteiger partial charge in [-0.3, -0.25) is 4.99 Å². The highest BCUT2D eigenvalue weighted by Gasteiger charge is 2.14. The minimum atomic E-state index is -0.413. The van der Waals surface area contributed by atoms with Gasteiger partial charge in [0.2, 0.25) is 0 Å². The van der Waals surface area contributed by atoms with Crippen LogP contribution in [0.5, 0.6) is 0 Å². The standard InChI is InChI=1S/C9H15N3O3/c1-10-8-5-3-4-7(9(8)13)6-11-15-12(2)14/h5,11-13H,1,3-4,6H2,2H3. The fraction of sp³-hybridized carbons (Fsp3) is 0.444. The molecule has 0 amide bonds. The van der Waals surface area contributed by atoms with Crippen molar-refractivity contribution in [1.82, 2.24) is 5.48 Å². The number of quaternary nitrogens is 1. The van der Waals surface area contributed by atoms with Gasteiger partial charge in [-0.2, -0.15) is 0 Å². The minimum Gasteiger partial charge on any atom is -0.599 e. The Morgan fingerprint density at radius 3 is 3.13 bits per heavy atom. The Balaban J connectivity index is 2.53. The molecule has 1 aliphatic carbocycles. The number of aliphatic imine (C=N–C) groups is 1. The number of aliphatic hydroxyl groups is 1. The summed E-state index contributed by atoms with van der Waals surface area (Å²) in [4.78, 5) is 8.25. The number of hydroxylamine groups is 3. The molecule has 0 aromatic carbocycles. The zero-order chi connectivity index (χ0) is 11.3. The lowest BCUT2D eigenvalue weighted by atomic mass is 10.0. The molecule has 15 heavy (non-hydrogen) atoms. The van der Waals surface area contributed by atoms with E-state index in [1.165, 1.54) is 7.05 Å². The second-order valence-corrected chi connectivity index (χ2v) is 3.15. The van der Waals surface area contributed by atoms with E-state index in [0.717, 1.165) is 18.4 Å². The maximum atomic E-state index is 10.5. The molecule has 84 valence electrons. The fourth-order valence-electron chi connectivity index (χ4n) is 1.32. The number of aliphatic hydroxyl groups excluding tert-OH is 1. The molecular weight excluding hydrogens is 198 g/mol. The average molecular weight is 213 g/mol. The molecule has 0 saturated carbocycles. The maximum absolute atomic E-state index is 10.5. The molecule has 1 rings (SSSR count). The van der Waals surface area contributed by atoms with Crippen molar-refractivity contribution in [2.24, 2.45) is 4.99 Å². The molecule has 0 aliphatic heterocycles. The van der Waals surface area contributed by atoms with Crippen molar-refractivity contribution in [3.05, 3.63) is 28.3 Å². The average Bonchev–Trinajstić information content (AvgIpc) is 2.20. The van der Waals surface area contributed by atoms with Crippen LogP contribution in [0.15, 0.2) is 28.1 Å². The van der Waals surface area contributed by atoms with E-state index in [1.807, 2.05) is 6.08 Å². The summed E-state index contributed by atoms with van der Waals surface area (Å²) in [5.74, 6) is 0.121. The zero-order valence-corrected chi connectivity index (χ0v) is 8.62. The zero-order valence-electron chi connectivity index (χ0n) is 8.62. The highest BCUT2D eigenvalue weighted by molar-refractivity contribution is 5.39. The van der Waals surface area contributed by atoms with Crippen LogP contribution in [-0.2, 0) is 4.94 Å². The van der Waals surface area contributed by atoms with Crippen LogP contribution >= 0.6 is 0 Å². The van der Waals surface area contributed by atoms with Gasteiger partial charge >= 0.3 is 0 Å². The van der Waals surface area contributed by atoms with Gasteiger partial charge in [0.1, 0.15) is 5.76 Å². The Bertz CT molecular complexity index is 297. The van der Waals surface area contributed by atoms with Crippen LogP contribution in [0.3, 0.4) is 0 Å². The van der Waals surface area contributed by atoms with Gasteiger partial charge in [-0.1, -0.05) is 6.08 Å². The third-order valence-electron chi connectivity index (χ3n) is 2.03. The van der Waals surface area contributed by atoms with Gasteiger partial charge in [-0.15, -0.1) is 10.4 Å². The number of rotatable bonds is 5. The molecule has 3 N–H and O–H groups in total. The summed E-state index contributed by atoms with van der Waals surface area (Å²) in [5, 5.41) is 19.8. The van der Waals surface area contributed by atoms with Crippen LogP contribution in [0, 0.1) is 5.21 Å². The van der Waals surface area contributed by atoms with Gasteiger partial charge in [0.15, 0.2) is 0 Å². The summed E-state index contributed by atoms with van der Waals surface area (Å²) in [6.45, 7) is 3.66. The van der Waals surface area contributed by atoms with E-state index >= 15 is 0 Å². The maximum Gasteiger partial charge on any atom is 0.141 e. The molecule has 0 spiro atoms. The Kier molecular flexibility index (Phi) is 4.44. The van der Waals surface area contributed by atoms with E-state index in [1.54, 1.807) is 0 Å². The van der Waals surface area contributed by atoms with Crippen LogP contribution < -0.4 is 10.7 Å². The van der Waals surface area contributed by atoms with Crippen LogP contribution in [-0.4, -0.2) is 25.4 Å². The lowest BCUT2D eigenvalue weighted by molar-refractivity contribution is -1.05. The molecule has 6 nitrogen and oxygen atoms in total. The first-order valence-electron chi connectivity index (χ1n) is 4.63. The van der Waals surface area contributed by atoms with Gasteiger partial charge in [0, 0.05) is 0 Å². The van der Waals surface area contributed by atoms with Gasteiger partial charge < -0.3 is 10.3 Å². The van der Waals surface area contributed by atoms with E-state index in [9.17, 15) is 10.3 Å². The van der Waals surface area contributed by atoms with Crippen molar-refractivity contribution < 1.29 is 15.3 Å². The number of nitrogens with one attached hydrogen (secondary N) is 2. The summed E-state index contributed by atoms with van der Waals surface area (Å²) < 4.78 is 0. The van der Waals surface area contributed by atoms with Crippen molar-refractivity contribution in [3.63, 3.8) is 0 Å². The molecule has 0 bridgehead atoms. The third-order valence-corrected chi connectivity index (χ3v) is 2.03.